The van der Waals surface area contributed by atoms with Crippen molar-refractivity contribution in [3.8, 4) is 0 Å². The molecule has 0 spiro atoms. The van der Waals surface area contributed by atoms with Crippen LogP contribution < -0.4 is 10.2 Å². The molecule has 29 heavy (non-hydrogen) atoms. The molecule has 0 aromatic heterocycles. The lowest BCUT2D eigenvalue weighted by molar-refractivity contribution is -0.147. The Kier molecular flexibility index (Phi) is 5.94. The highest BCUT2D eigenvalue weighted by molar-refractivity contribution is 9.10. The minimum Gasteiger partial charge on any atom is -0.467 e. The van der Waals surface area contributed by atoms with Gasteiger partial charge in [0.15, 0.2) is 11.8 Å². The number of halogens is 1. The number of benzene rings is 1. The van der Waals surface area contributed by atoms with E-state index >= 15 is 0 Å². The lowest BCUT2D eigenvalue weighted by atomic mass is 9.98. The first kappa shape index (κ1) is 21.6. The van der Waals surface area contributed by atoms with Crippen molar-refractivity contribution in [3.63, 3.8) is 0 Å². The maximum absolute atomic E-state index is 12.7. The number of nitrogens with zero attached hydrogens (tertiary/aromatic N) is 1. The average Bonchev–Trinajstić information content (AvgIpc) is 3.25. The van der Waals surface area contributed by atoms with Gasteiger partial charge in [0.05, 0.1) is 24.9 Å². The van der Waals surface area contributed by atoms with E-state index in [1.54, 1.807) is 20.8 Å². The van der Waals surface area contributed by atoms with Crippen LogP contribution in [0.1, 0.15) is 55.1 Å². The molecule has 1 aromatic carbocycles. The molecule has 0 radical (unpaired) electrons. The van der Waals surface area contributed by atoms with E-state index in [-0.39, 0.29) is 6.54 Å². The highest BCUT2D eigenvalue weighted by Crippen LogP contribution is 2.41. The Morgan fingerprint density at radius 3 is 2.66 bits per heavy atom. The molecule has 1 aliphatic carbocycles. The van der Waals surface area contributed by atoms with Crippen molar-refractivity contribution in [3.05, 3.63) is 27.2 Å². The van der Waals surface area contributed by atoms with Crippen molar-refractivity contribution in [2.24, 2.45) is 0 Å². The summed E-state index contributed by atoms with van der Waals surface area (Å²) in [7, 11) is 1.30. The Morgan fingerprint density at radius 2 is 2.03 bits per heavy atom. The fourth-order valence-electron chi connectivity index (χ4n) is 4.19. The van der Waals surface area contributed by atoms with Gasteiger partial charge in [0, 0.05) is 17.4 Å². The van der Waals surface area contributed by atoms with E-state index in [4.69, 9.17) is 9.47 Å². The number of carbonyl (C=O) groups excluding carboxylic acids is 3. The number of fused-ring (bicyclic) bond motifs is 1. The number of hydrogen-bond acceptors (Lipinski definition) is 6. The van der Waals surface area contributed by atoms with Gasteiger partial charge >= 0.3 is 12.1 Å². The molecule has 1 aromatic rings. The fraction of sp³-hybridized carbons (Fsp3) is 0.571. The van der Waals surface area contributed by atoms with Crippen LogP contribution in [0.15, 0.2) is 10.5 Å². The summed E-state index contributed by atoms with van der Waals surface area (Å²) >= 11 is 3.51. The van der Waals surface area contributed by atoms with Crippen molar-refractivity contribution < 1.29 is 23.9 Å². The van der Waals surface area contributed by atoms with Crippen LogP contribution in [0, 0.1) is 0 Å². The zero-order valence-electron chi connectivity index (χ0n) is 17.3. The van der Waals surface area contributed by atoms with Crippen LogP contribution in [0.4, 0.5) is 10.5 Å². The maximum Gasteiger partial charge on any atom is 0.408 e. The van der Waals surface area contributed by atoms with Gasteiger partial charge in [-0.1, -0.05) is 0 Å². The predicted octanol–water partition coefficient (Wildman–Crippen LogP) is 3.40. The second-order valence-corrected chi connectivity index (χ2v) is 9.46. The molecule has 7 nitrogen and oxygen atoms in total. The van der Waals surface area contributed by atoms with E-state index in [2.05, 4.69) is 21.2 Å². The minimum atomic E-state index is -1.23. The van der Waals surface area contributed by atoms with Crippen LogP contribution in [0.5, 0.6) is 0 Å². The molecule has 0 bridgehead atoms. The first-order chi connectivity index (χ1) is 13.6. The van der Waals surface area contributed by atoms with E-state index in [1.165, 1.54) is 12.7 Å². The molecule has 2 aliphatic rings. The topological polar surface area (TPSA) is 84.9 Å². The number of ether oxygens (including phenoxy) is 2. The second-order valence-electron chi connectivity index (χ2n) is 8.60. The van der Waals surface area contributed by atoms with Crippen LogP contribution in [-0.2, 0) is 27.1 Å². The van der Waals surface area contributed by atoms with Crippen LogP contribution in [-0.4, -0.2) is 49.7 Å². The van der Waals surface area contributed by atoms with E-state index < -0.39 is 23.2 Å². The van der Waals surface area contributed by atoms with Gasteiger partial charge in [-0.05, 0) is 73.2 Å². The quantitative estimate of drug-likeness (QED) is 0.540. The van der Waals surface area contributed by atoms with Gasteiger partial charge in [-0.2, -0.15) is 0 Å². The van der Waals surface area contributed by atoms with Gasteiger partial charge in [0.1, 0.15) is 5.60 Å². The largest absolute Gasteiger partial charge is 0.467 e. The molecule has 1 heterocycles. The fourth-order valence-corrected chi connectivity index (χ4v) is 4.75. The number of esters is 1. The van der Waals surface area contributed by atoms with Crippen LogP contribution in [0.25, 0.3) is 0 Å². The molecule has 8 heteroatoms. The van der Waals surface area contributed by atoms with Crippen molar-refractivity contribution in [1.82, 2.24) is 5.32 Å². The highest BCUT2D eigenvalue weighted by atomic mass is 79.9. The number of aldehydes is 1. The summed E-state index contributed by atoms with van der Waals surface area (Å²) in [6.07, 6.45) is 3.42. The van der Waals surface area contributed by atoms with E-state index in [9.17, 15) is 14.4 Å². The van der Waals surface area contributed by atoms with Crippen LogP contribution in [0.3, 0.4) is 0 Å². The summed E-state index contributed by atoms with van der Waals surface area (Å²) in [5.41, 5.74) is 1.86. The molecule has 1 aliphatic heterocycles. The number of anilines is 1. The van der Waals surface area contributed by atoms with Gasteiger partial charge in [-0.3, -0.25) is 4.79 Å². The molecule has 158 valence electrons. The molecular formula is C21H27BrN2O5. The molecule has 1 amide bonds. The molecule has 1 N–H and O–H groups in total. The Labute approximate surface area is 179 Å². The van der Waals surface area contributed by atoms with Gasteiger partial charge in [0.2, 0.25) is 0 Å². The van der Waals surface area contributed by atoms with Gasteiger partial charge in [-0.15, -0.1) is 0 Å². The smallest absolute Gasteiger partial charge is 0.408 e. The standard InChI is InChI=1S/C21H27BrN2O5/c1-20(2,3)29-19(27)23-21(18(26)28-4)8-9-24(12-21)17-14-7-5-6-13(14)10-16(22)15(17)11-25/h10-11H,5-9,12H2,1-4H3,(H,23,27). The van der Waals surface area contributed by atoms with E-state index in [0.717, 1.165) is 41.3 Å². The Morgan fingerprint density at radius 1 is 1.31 bits per heavy atom. The van der Waals surface area contributed by atoms with Crippen molar-refractivity contribution in [1.29, 1.82) is 0 Å². The number of rotatable bonds is 4. The zero-order chi connectivity index (χ0) is 21.4. The molecule has 1 saturated heterocycles. The summed E-state index contributed by atoms with van der Waals surface area (Å²) in [4.78, 5) is 39.0. The zero-order valence-corrected chi connectivity index (χ0v) is 18.8. The highest BCUT2D eigenvalue weighted by Gasteiger charge is 2.49. The number of nitrogens with one attached hydrogen (secondary N) is 1. The first-order valence-corrected chi connectivity index (χ1v) is 10.5. The normalized spacial score (nSPS) is 20.9. The lowest BCUT2D eigenvalue weighted by Gasteiger charge is -2.31. The molecule has 3 rings (SSSR count). The number of hydrogen-bond donors (Lipinski definition) is 1. The maximum atomic E-state index is 12.7. The number of methoxy groups -OCH3 is 1. The van der Waals surface area contributed by atoms with Crippen LogP contribution in [0.2, 0.25) is 0 Å². The molecule has 1 fully saturated rings. The minimum absolute atomic E-state index is 0.211. The summed E-state index contributed by atoms with van der Waals surface area (Å²) < 4.78 is 11.1. The van der Waals surface area contributed by atoms with Crippen molar-refractivity contribution in [2.75, 3.05) is 25.1 Å². The summed E-state index contributed by atoms with van der Waals surface area (Å²) in [5.74, 6) is -0.523. The van der Waals surface area contributed by atoms with Gasteiger partial charge in [-0.25, -0.2) is 9.59 Å². The third kappa shape index (κ3) is 4.27. The number of alkyl carbamates (subject to hydrolysis) is 1. The Balaban J connectivity index is 1.95. The van der Waals surface area contributed by atoms with Gasteiger partial charge in [0.25, 0.3) is 0 Å². The monoisotopic (exact) mass is 466 g/mol. The van der Waals surface area contributed by atoms with Crippen molar-refractivity contribution in [2.45, 2.75) is 57.6 Å². The second kappa shape index (κ2) is 7.97. The van der Waals surface area contributed by atoms with Gasteiger partial charge < -0.3 is 19.7 Å². The summed E-state index contributed by atoms with van der Waals surface area (Å²) in [6.45, 7) is 6.01. The molecular weight excluding hydrogens is 440 g/mol. The summed E-state index contributed by atoms with van der Waals surface area (Å²) in [6, 6.07) is 2.01. The number of aryl methyl sites for hydroxylation is 1. The average molecular weight is 467 g/mol. The molecule has 1 atom stereocenters. The SMILES string of the molecule is COC(=O)C1(NC(=O)OC(C)(C)C)CCN(c2c(C=O)c(Br)cc3c2CCC3)C1. The van der Waals surface area contributed by atoms with Crippen LogP contribution >= 0.6 is 15.9 Å². The lowest BCUT2D eigenvalue weighted by Crippen LogP contribution is -2.57. The van der Waals surface area contributed by atoms with Crippen molar-refractivity contribution >= 4 is 40.0 Å². The predicted molar refractivity (Wildman–Crippen MR) is 113 cm³/mol. The third-order valence-electron chi connectivity index (χ3n) is 5.38. The number of carbonyl (C=O) groups is 3. The van der Waals surface area contributed by atoms with E-state index in [1.807, 2.05) is 11.0 Å². The third-order valence-corrected chi connectivity index (χ3v) is 6.04. The van der Waals surface area contributed by atoms with E-state index in [0.29, 0.717) is 18.5 Å². The molecule has 0 saturated carbocycles. The Bertz CT molecular complexity index is 848. The first-order valence-electron chi connectivity index (χ1n) is 9.74. The Hall–Kier alpha value is -2.09. The molecule has 1 unspecified atom stereocenters. The summed E-state index contributed by atoms with van der Waals surface area (Å²) in [5, 5.41) is 2.74. The number of amides is 1.